The molecule has 0 saturated carbocycles. The number of nitrogens with one attached hydrogen (secondary N) is 1. The van der Waals surface area contributed by atoms with Gasteiger partial charge in [0.05, 0.1) is 24.2 Å². The first-order chi connectivity index (χ1) is 15.0. The lowest BCUT2D eigenvalue weighted by molar-refractivity contribution is -0.120. The average molecular weight is 506 g/mol. The summed E-state index contributed by atoms with van der Waals surface area (Å²) in [4.78, 5) is 12.0. The molecule has 1 amide bonds. The van der Waals surface area contributed by atoms with Gasteiger partial charge in [0.25, 0.3) is 0 Å². The standard InChI is InChI=1S/C23H19BrClFN2O3/c1-30-21-11-16(13-27-28-22(29)12-15-6-8-18(26)9-7-15)10-19(24)23(21)31-14-17-4-2-3-5-20(17)25/h2-11,13H,12,14H2,1H3,(H,28,29)/b27-13+. The number of ether oxygens (including phenoxy) is 2. The molecule has 5 nitrogen and oxygen atoms in total. The Balaban J connectivity index is 1.64. The van der Waals surface area contributed by atoms with Crippen LogP contribution in [-0.4, -0.2) is 19.2 Å². The Labute approximate surface area is 193 Å². The van der Waals surface area contributed by atoms with Gasteiger partial charge in [-0.25, -0.2) is 9.82 Å². The molecule has 0 aliphatic carbocycles. The topological polar surface area (TPSA) is 59.9 Å². The molecule has 0 radical (unpaired) electrons. The van der Waals surface area contributed by atoms with Crippen molar-refractivity contribution in [3.63, 3.8) is 0 Å². The molecule has 0 fully saturated rings. The molecule has 0 atom stereocenters. The fourth-order valence-corrected chi connectivity index (χ4v) is 3.49. The molecule has 0 aliphatic rings. The molecule has 8 heteroatoms. The third-order valence-corrected chi connectivity index (χ3v) is 5.22. The van der Waals surface area contributed by atoms with Crippen molar-refractivity contribution in [1.82, 2.24) is 5.43 Å². The molecule has 3 aromatic carbocycles. The molecule has 160 valence electrons. The lowest BCUT2D eigenvalue weighted by Crippen LogP contribution is -2.19. The van der Waals surface area contributed by atoms with E-state index in [0.29, 0.717) is 32.1 Å². The number of nitrogens with zero attached hydrogens (tertiary/aromatic N) is 1. The summed E-state index contributed by atoms with van der Waals surface area (Å²) in [5.74, 6) is 0.370. The van der Waals surface area contributed by atoms with Gasteiger partial charge in [0, 0.05) is 10.6 Å². The molecule has 0 unspecified atom stereocenters. The second kappa shape index (κ2) is 10.9. The molecule has 0 aliphatic heterocycles. The maximum atomic E-state index is 12.9. The molecule has 0 aromatic heterocycles. The molecule has 0 bridgehead atoms. The SMILES string of the molecule is COc1cc(/C=N/NC(=O)Cc2ccc(F)cc2)cc(Br)c1OCc1ccccc1Cl. The summed E-state index contributed by atoms with van der Waals surface area (Å²) >= 11 is 9.66. The average Bonchev–Trinajstić information content (AvgIpc) is 2.75. The molecular weight excluding hydrogens is 487 g/mol. The minimum atomic E-state index is -0.346. The van der Waals surface area contributed by atoms with Crippen LogP contribution >= 0.6 is 27.5 Å². The summed E-state index contributed by atoms with van der Waals surface area (Å²) in [6.45, 7) is 0.279. The van der Waals surface area contributed by atoms with E-state index in [4.69, 9.17) is 21.1 Å². The van der Waals surface area contributed by atoms with Crippen LogP contribution in [0.4, 0.5) is 4.39 Å². The fraction of sp³-hybridized carbons (Fsp3) is 0.130. The van der Waals surface area contributed by atoms with Crippen molar-refractivity contribution < 1.29 is 18.7 Å². The number of carbonyl (C=O) groups excluding carboxylic acids is 1. The number of methoxy groups -OCH3 is 1. The second-order valence-electron chi connectivity index (χ2n) is 6.51. The van der Waals surface area contributed by atoms with Crippen molar-refractivity contribution in [3.05, 3.63) is 92.7 Å². The lowest BCUT2D eigenvalue weighted by Gasteiger charge is -2.14. The van der Waals surface area contributed by atoms with Crippen LogP contribution in [0.25, 0.3) is 0 Å². The summed E-state index contributed by atoms with van der Waals surface area (Å²) in [5, 5.41) is 4.60. The highest BCUT2D eigenvalue weighted by atomic mass is 79.9. The third kappa shape index (κ3) is 6.54. The summed E-state index contributed by atoms with van der Waals surface area (Å²) in [7, 11) is 1.54. The molecule has 0 saturated heterocycles. The Bertz CT molecular complexity index is 1090. The van der Waals surface area contributed by atoms with E-state index in [0.717, 1.165) is 5.56 Å². The molecular formula is C23H19BrClFN2O3. The third-order valence-electron chi connectivity index (χ3n) is 4.26. The number of hydrogen-bond donors (Lipinski definition) is 1. The molecule has 3 aromatic rings. The van der Waals surface area contributed by atoms with Crippen LogP contribution in [0.2, 0.25) is 5.02 Å². The highest BCUT2D eigenvalue weighted by Gasteiger charge is 2.12. The summed E-state index contributed by atoms with van der Waals surface area (Å²) in [6.07, 6.45) is 1.59. The van der Waals surface area contributed by atoms with Gasteiger partial charge >= 0.3 is 0 Å². The van der Waals surface area contributed by atoms with E-state index < -0.39 is 0 Å². The van der Waals surface area contributed by atoms with Crippen molar-refractivity contribution >= 4 is 39.7 Å². The van der Waals surface area contributed by atoms with Crippen LogP contribution in [0.3, 0.4) is 0 Å². The van der Waals surface area contributed by atoms with Gasteiger partial charge in [-0.15, -0.1) is 0 Å². The van der Waals surface area contributed by atoms with E-state index in [1.807, 2.05) is 18.2 Å². The zero-order valence-corrected chi connectivity index (χ0v) is 18.9. The van der Waals surface area contributed by atoms with E-state index in [-0.39, 0.29) is 24.8 Å². The summed E-state index contributed by atoms with van der Waals surface area (Å²) in [5.41, 5.74) is 4.69. The van der Waals surface area contributed by atoms with Crippen molar-refractivity contribution in [1.29, 1.82) is 0 Å². The molecule has 31 heavy (non-hydrogen) atoms. The van der Waals surface area contributed by atoms with Crippen molar-refractivity contribution in [2.75, 3.05) is 7.11 Å². The zero-order valence-electron chi connectivity index (χ0n) is 16.6. The van der Waals surface area contributed by atoms with Crippen LogP contribution in [0.15, 0.2) is 70.2 Å². The van der Waals surface area contributed by atoms with E-state index in [1.54, 1.807) is 30.3 Å². The number of benzene rings is 3. The maximum absolute atomic E-state index is 12.9. The van der Waals surface area contributed by atoms with Crippen molar-refractivity contribution in [2.24, 2.45) is 5.10 Å². The van der Waals surface area contributed by atoms with E-state index in [1.165, 1.54) is 25.5 Å². The second-order valence-corrected chi connectivity index (χ2v) is 7.77. The van der Waals surface area contributed by atoms with Gasteiger partial charge in [-0.3, -0.25) is 4.79 Å². The number of rotatable bonds is 8. The number of halogens is 3. The van der Waals surface area contributed by atoms with Crippen LogP contribution in [-0.2, 0) is 17.8 Å². The first-order valence-corrected chi connectivity index (χ1v) is 10.4. The quantitative estimate of drug-likeness (QED) is 0.324. The smallest absolute Gasteiger partial charge is 0.244 e. The predicted octanol–water partition coefficient (Wildman–Crippen LogP) is 5.52. The highest BCUT2D eigenvalue weighted by Crippen LogP contribution is 2.37. The Morgan fingerprint density at radius 3 is 2.65 bits per heavy atom. The maximum Gasteiger partial charge on any atom is 0.244 e. The fourth-order valence-electron chi connectivity index (χ4n) is 2.73. The van der Waals surface area contributed by atoms with E-state index in [2.05, 4.69) is 26.5 Å². The largest absolute Gasteiger partial charge is 0.493 e. The van der Waals surface area contributed by atoms with Crippen molar-refractivity contribution in [3.8, 4) is 11.5 Å². The van der Waals surface area contributed by atoms with Crippen LogP contribution in [0.5, 0.6) is 11.5 Å². The number of hydrazone groups is 1. The minimum Gasteiger partial charge on any atom is -0.493 e. The van der Waals surface area contributed by atoms with Gasteiger partial charge in [0.15, 0.2) is 11.5 Å². The molecule has 0 spiro atoms. The number of hydrogen-bond acceptors (Lipinski definition) is 4. The Morgan fingerprint density at radius 2 is 1.94 bits per heavy atom. The predicted molar refractivity (Wildman–Crippen MR) is 122 cm³/mol. The van der Waals surface area contributed by atoms with Gasteiger partial charge in [-0.05, 0) is 57.4 Å². The Kier molecular flexibility index (Phi) is 8.03. The van der Waals surface area contributed by atoms with E-state index >= 15 is 0 Å². The van der Waals surface area contributed by atoms with Crippen LogP contribution in [0, 0.1) is 5.82 Å². The lowest BCUT2D eigenvalue weighted by atomic mass is 10.1. The number of amides is 1. The van der Waals surface area contributed by atoms with E-state index in [9.17, 15) is 9.18 Å². The Hall–Kier alpha value is -2.90. The highest BCUT2D eigenvalue weighted by molar-refractivity contribution is 9.10. The van der Waals surface area contributed by atoms with Gasteiger partial charge in [-0.1, -0.05) is 41.9 Å². The van der Waals surface area contributed by atoms with Gasteiger partial charge in [0.2, 0.25) is 5.91 Å². The molecule has 3 rings (SSSR count). The van der Waals surface area contributed by atoms with Crippen LogP contribution in [0.1, 0.15) is 16.7 Å². The Morgan fingerprint density at radius 1 is 1.19 bits per heavy atom. The monoisotopic (exact) mass is 504 g/mol. The first kappa shape index (κ1) is 22.8. The van der Waals surface area contributed by atoms with Crippen LogP contribution < -0.4 is 14.9 Å². The van der Waals surface area contributed by atoms with Gasteiger partial charge < -0.3 is 9.47 Å². The minimum absolute atomic E-state index is 0.0967. The van der Waals surface area contributed by atoms with Gasteiger partial charge in [0.1, 0.15) is 12.4 Å². The van der Waals surface area contributed by atoms with Crippen molar-refractivity contribution in [2.45, 2.75) is 13.0 Å². The molecule has 0 heterocycles. The van der Waals surface area contributed by atoms with Gasteiger partial charge in [-0.2, -0.15) is 5.10 Å². The summed E-state index contributed by atoms with van der Waals surface area (Å²) in [6, 6.07) is 16.7. The molecule has 1 N–H and O–H groups in total. The first-order valence-electron chi connectivity index (χ1n) is 9.26. The summed E-state index contributed by atoms with van der Waals surface area (Å²) < 4.78 is 24.9. The normalized spacial score (nSPS) is 10.8. The zero-order chi connectivity index (χ0) is 22.2. The number of carbonyl (C=O) groups is 1.